The fourth-order valence-corrected chi connectivity index (χ4v) is 2.93. The highest BCUT2D eigenvalue weighted by Gasteiger charge is 2.31. The molecule has 1 N–H and O–H groups in total. The molecule has 0 bridgehead atoms. The van der Waals surface area contributed by atoms with E-state index in [1.165, 1.54) is 0 Å². The van der Waals surface area contributed by atoms with Gasteiger partial charge in [-0.15, -0.1) is 0 Å². The van der Waals surface area contributed by atoms with Gasteiger partial charge in [-0.3, -0.25) is 9.59 Å². The monoisotopic (exact) mass is 352 g/mol. The first-order valence-electron chi connectivity index (χ1n) is 9.19. The maximum atomic E-state index is 12.9. The number of hydrogen-bond acceptors (Lipinski definition) is 2. The van der Waals surface area contributed by atoms with E-state index >= 15 is 0 Å². The Kier molecular flexibility index (Phi) is 7.39. The van der Waals surface area contributed by atoms with Crippen molar-refractivity contribution in [3.05, 3.63) is 71.8 Å². The largest absolute Gasteiger partial charge is 0.355 e. The summed E-state index contributed by atoms with van der Waals surface area (Å²) in [5.41, 5.74) is 2.06. The number of amides is 2. The number of nitrogens with zero attached hydrogens (tertiary/aromatic N) is 1. The zero-order chi connectivity index (χ0) is 18.9. The van der Waals surface area contributed by atoms with Gasteiger partial charge in [-0.1, -0.05) is 74.5 Å². The van der Waals surface area contributed by atoms with Crippen molar-refractivity contribution in [3.63, 3.8) is 0 Å². The van der Waals surface area contributed by atoms with E-state index in [0.29, 0.717) is 19.5 Å². The molecule has 4 heteroatoms. The minimum absolute atomic E-state index is 0.0129. The Hall–Kier alpha value is -2.62. The van der Waals surface area contributed by atoms with Crippen molar-refractivity contribution < 1.29 is 9.59 Å². The average Bonchev–Trinajstić information content (AvgIpc) is 2.65. The molecule has 0 aliphatic rings. The van der Waals surface area contributed by atoms with Crippen LogP contribution in [0, 0.1) is 5.92 Å². The van der Waals surface area contributed by atoms with Crippen molar-refractivity contribution in [2.75, 3.05) is 6.54 Å². The van der Waals surface area contributed by atoms with Crippen LogP contribution in [0.2, 0.25) is 0 Å². The molecule has 2 aromatic rings. The molecule has 0 radical (unpaired) electrons. The van der Waals surface area contributed by atoms with Gasteiger partial charge >= 0.3 is 0 Å². The Morgan fingerprint density at radius 3 is 1.96 bits per heavy atom. The van der Waals surface area contributed by atoms with Gasteiger partial charge in [-0.25, -0.2) is 0 Å². The van der Waals surface area contributed by atoms with Gasteiger partial charge in [0.05, 0.1) is 0 Å². The van der Waals surface area contributed by atoms with Gasteiger partial charge in [-0.05, 0) is 18.1 Å². The molecule has 138 valence electrons. The molecule has 0 fully saturated rings. The third-order valence-corrected chi connectivity index (χ3v) is 4.27. The lowest BCUT2D eigenvalue weighted by Gasteiger charge is -2.32. The van der Waals surface area contributed by atoms with Gasteiger partial charge in [0.2, 0.25) is 11.8 Å². The van der Waals surface area contributed by atoms with Crippen molar-refractivity contribution in [1.82, 2.24) is 10.2 Å². The van der Waals surface area contributed by atoms with Crippen LogP contribution in [0.25, 0.3) is 0 Å². The number of carbonyl (C=O) groups excluding carboxylic acids is 2. The molecule has 1 unspecified atom stereocenters. The van der Waals surface area contributed by atoms with Gasteiger partial charge in [0, 0.05) is 25.4 Å². The fraction of sp³-hybridized carbons (Fsp3) is 0.364. The molecule has 2 rings (SSSR count). The van der Waals surface area contributed by atoms with Crippen molar-refractivity contribution in [3.8, 4) is 0 Å². The lowest BCUT2D eigenvalue weighted by atomic mass is 10.0. The van der Waals surface area contributed by atoms with Crippen LogP contribution in [0.3, 0.4) is 0 Å². The highest BCUT2D eigenvalue weighted by Crippen LogP contribution is 2.17. The van der Waals surface area contributed by atoms with Crippen molar-refractivity contribution >= 4 is 11.8 Å². The predicted octanol–water partition coefficient (Wildman–Crippen LogP) is 3.42. The molecule has 0 spiro atoms. The van der Waals surface area contributed by atoms with Crippen LogP contribution in [-0.2, 0) is 22.6 Å². The van der Waals surface area contributed by atoms with Crippen LogP contribution in [0.5, 0.6) is 0 Å². The summed E-state index contributed by atoms with van der Waals surface area (Å²) in [6.07, 6.45) is 0.498. The van der Waals surface area contributed by atoms with Crippen molar-refractivity contribution in [2.45, 2.75) is 39.8 Å². The maximum absolute atomic E-state index is 12.9. The van der Waals surface area contributed by atoms with Crippen molar-refractivity contribution in [2.24, 2.45) is 5.92 Å². The third kappa shape index (κ3) is 5.45. The summed E-state index contributed by atoms with van der Waals surface area (Å²) in [6.45, 7) is 6.60. The van der Waals surface area contributed by atoms with E-state index in [4.69, 9.17) is 0 Å². The van der Waals surface area contributed by atoms with Crippen molar-refractivity contribution in [1.29, 1.82) is 0 Å². The first kappa shape index (κ1) is 19.7. The van der Waals surface area contributed by atoms with Crippen LogP contribution < -0.4 is 5.32 Å². The average molecular weight is 352 g/mol. The summed E-state index contributed by atoms with van der Waals surface area (Å²) in [7, 11) is 0. The number of rotatable bonds is 8. The standard InChI is InChI=1S/C22H28N2O2/c1-4-23-21(25)20(15-18-11-7-5-8-12-18)24(22(26)17(2)3)16-19-13-9-6-10-14-19/h5-14,17,20H,4,15-16H2,1-3H3,(H,23,25). The molecule has 0 aliphatic heterocycles. The number of nitrogens with one attached hydrogen (secondary N) is 1. The molecule has 0 heterocycles. The molecule has 1 atom stereocenters. The molecule has 26 heavy (non-hydrogen) atoms. The van der Waals surface area contributed by atoms with E-state index in [0.717, 1.165) is 11.1 Å². The normalized spacial score (nSPS) is 11.8. The Bertz CT molecular complexity index is 699. The van der Waals surface area contributed by atoms with Crippen LogP contribution >= 0.6 is 0 Å². The zero-order valence-electron chi connectivity index (χ0n) is 15.8. The Labute approximate surface area is 156 Å². The maximum Gasteiger partial charge on any atom is 0.243 e. The van der Waals surface area contributed by atoms with E-state index < -0.39 is 6.04 Å². The first-order chi connectivity index (χ1) is 12.5. The topological polar surface area (TPSA) is 49.4 Å². The lowest BCUT2D eigenvalue weighted by molar-refractivity contribution is -0.143. The highest BCUT2D eigenvalue weighted by atomic mass is 16.2. The zero-order valence-corrected chi connectivity index (χ0v) is 15.8. The predicted molar refractivity (Wildman–Crippen MR) is 104 cm³/mol. The van der Waals surface area contributed by atoms with E-state index in [2.05, 4.69) is 5.32 Å². The Morgan fingerprint density at radius 2 is 1.46 bits per heavy atom. The molecule has 0 saturated carbocycles. The minimum Gasteiger partial charge on any atom is -0.355 e. The second kappa shape index (κ2) is 9.76. The number of carbonyl (C=O) groups is 2. The number of hydrogen-bond donors (Lipinski definition) is 1. The molecule has 0 saturated heterocycles. The second-order valence-electron chi connectivity index (χ2n) is 6.71. The summed E-state index contributed by atoms with van der Waals surface area (Å²) >= 11 is 0. The smallest absolute Gasteiger partial charge is 0.243 e. The fourth-order valence-electron chi connectivity index (χ4n) is 2.93. The molecule has 2 amide bonds. The van der Waals surface area contributed by atoms with Crippen LogP contribution in [0.1, 0.15) is 31.9 Å². The summed E-state index contributed by atoms with van der Waals surface area (Å²) in [4.78, 5) is 27.5. The summed E-state index contributed by atoms with van der Waals surface area (Å²) in [6, 6.07) is 19.1. The molecule has 0 aromatic heterocycles. The van der Waals surface area contributed by atoms with E-state index in [-0.39, 0.29) is 17.7 Å². The molecular formula is C22H28N2O2. The number of likely N-dealkylation sites (N-methyl/N-ethyl adjacent to an activating group) is 1. The molecular weight excluding hydrogens is 324 g/mol. The van der Waals surface area contributed by atoms with Gasteiger partial charge < -0.3 is 10.2 Å². The van der Waals surface area contributed by atoms with Gasteiger partial charge in [0.15, 0.2) is 0 Å². The van der Waals surface area contributed by atoms with Crippen LogP contribution in [-0.4, -0.2) is 29.3 Å². The molecule has 0 aliphatic carbocycles. The van der Waals surface area contributed by atoms with Crippen LogP contribution in [0.15, 0.2) is 60.7 Å². The molecule has 4 nitrogen and oxygen atoms in total. The first-order valence-corrected chi connectivity index (χ1v) is 9.19. The Balaban J connectivity index is 2.35. The van der Waals surface area contributed by atoms with Gasteiger partial charge in [0.1, 0.15) is 6.04 Å². The second-order valence-corrected chi connectivity index (χ2v) is 6.71. The highest BCUT2D eigenvalue weighted by molar-refractivity contribution is 5.88. The van der Waals surface area contributed by atoms with Crippen LogP contribution in [0.4, 0.5) is 0 Å². The van der Waals surface area contributed by atoms with E-state index in [1.54, 1.807) is 4.90 Å². The Morgan fingerprint density at radius 1 is 0.923 bits per heavy atom. The summed E-state index contributed by atoms with van der Waals surface area (Å²) in [5.74, 6) is -0.297. The third-order valence-electron chi connectivity index (χ3n) is 4.27. The summed E-state index contributed by atoms with van der Waals surface area (Å²) < 4.78 is 0. The van der Waals surface area contributed by atoms with E-state index in [9.17, 15) is 9.59 Å². The molecule has 2 aromatic carbocycles. The lowest BCUT2D eigenvalue weighted by Crippen LogP contribution is -2.51. The van der Waals surface area contributed by atoms with Gasteiger partial charge in [-0.2, -0.15) is 0 Å². The SMILES string of the molecule is CCNC(=O)C(Cc1ccccc1)N(Cc1ccccc1)C(=O)C(C)C. The van der Waals surface area contributed by atoms with E-state index in [1.807, 2.05) is 81.4 Å². The number of benzene rings is 2. The quantitative estimate of drug-likeness (QED) is 0.791. The van der Waals surface area contributed by atoms with Gasteiger partial charge in [0.25, 0.3) is 0 Å². The summed E-state index contributed by atoms with van der Waals surface area (Å²) in [5, 5.41) is 2.89. The minimum atomic E-state index is -0.535.